The van der Waals surface area contributed by atoms with E-state index in [1.54, 1.807) is 6.92 Å². The molecule has 2 rings (SSSR count). The summed E-state index contributed by atoms with van der Waals surface area (Å²) < 4.78 is 33.9. The van der Waals surface area contributed by atoms with Crippen molar-refractivity contribution in [3.8, 4) is 0 Å². The molecule has 0 aromatic heterocycles. The SMILES string of the molecule is CC[C@H]1OC(OC(C)=N)[C@H](OC(C)=O)[C@@H]1O[C@H]1C[C@@H](CN=[N+]=[N-])[C@@H](OC(C)=O)[C@H](OC(C)=O)[C@H]1N=[N+]=[N-]. The Kier molecular flexibility index (Phi) is 10.9. The van der Waals surface area contributed by atoms with Crippen molar-refractivity contribution in [3.05, 3.63) is 20.9 Å². The van der Waals surface area contributed by atoms with Gasteiger partial charge in [0.1, 0.15) is 24.4 Å². The molecular formula is C21H31N7O9. The summed E-state index contributed by atoms with van der Waals surface area (Å²) in [5, 5.41) is 15.0. The zero-order valence-electron chi connectivity index (χ0n) is 21.2. The summed E-state index contributed by atoms with van der Waals surface area (Å²) >= 11 is 0. The minimum Gasteiger partial charge on any atom is -0.458 e. The van der Waals surface area contributed by atoms with Gasteiger partial charge >= 0.3 is 17.9 Å². The lowest BCUT2D eigenvalue weighted by atomic mass is 9.79. The molecule has 0 aromatic carbocycles. The molecule has 1 heterocycles. The predicted octanol–water partition coefficient (Wildman–Crippen LogP) is 2.69. The molecule has 2 aliphatic rings. The molecular weight excluding hydrogens is 494 g/mol. The summed E-state index contributed by atoms with van der Waals surface area (Å²) in [5.41, 5.74) is 18.2. The molecule has 1 aliphatic carbocycles. The number of carbonyl (C=O) groups is 3. The Balaban J connectivity index is 2.51. The van der Waals surface area contributed by atoms with Crippen LogP contribution < -0.4 is 0 Å². The van der Waals surface area contributed by atoms with E-state index in [1.807, 2.05) is 0 Å². The van der Waals surface area contributed by atoms with Gasteiger partial charge in [0.05, 0.1) is 12.2 Å². The van der Waals surface area contributed by atoms with Gasteiger partial charge in [0, 0.05) is 50.0 Å². The normalized spacial score (nSPS) is 32.7. The minimum atomic E-state index is -1.26. The lowest BCUT2D eigenvalue weighted by Crippen LogP contribution is -2.58. The first-order valence-corrected chi connectivity index (χ1v) is 11.6. The molecule has 0 amide bonds. The maximum Gasteiger partial charge on any atom is 0.303 e. The Hall–Kier alpha value is -3.58. The standard InChI is InChI=1S/C21H31N7O9/c1-6-14-18(20(35-12(5)31)21(37-14)32-9(2)22)36-15-7-13(8-25-27-23)17(33-10(3)29)19(34-11(4)30)16(15)26-28-24/h13-22H,6-8H2,1-5H3/t13-,14+,15-,16-,17+,18+,19+,20+,21?/m0/s1. The largest absolute Gasteiger partial charge is 0.458 e. The molecule has 0 spiro atoms. The molecule has 0 bridgehead atoms. The second-order valence-corrected chi connectivity index (χ2v) is 8.59. The van der Waals surface area contributed by atoms with E-state index in [2.05, 4.69) is 20.1 Å². The highest BCUT2D eigenvalue weighted by Gasteiger charge is 2.54. The molecule has 0 radical (unpaired) electrons. The van der Waals surface area contributed by atoms with Crippen LogP contribution in [0.3, 0.4) is 0 Å². The molecule has 16 heteroatoms. The van der Waals surface area contributed by atoms with Crippen molar-refractivity contribution in [2.75, 3.05) is 6.54 Å². The number of azide groups is 2. The van der Waals surface area contributed by atoms with Gasteiger partial charge in [-0.15, -0.1) is 0 Å². The van der Waals surface area contributed by atoms with Gasteiger partial charge in [-0.1, -0.05) is 17.2 Å². The molecule has 1 aliphatic heterocycles. The van der Waals surface area contributed by atoms with Crippen LogP contribution in [0.15, 0.2) is 10.2 Å². The van der Waals surface area contributed by atoms with Crippen LogP contribution in [0.25, 0.3) is 20.9 Å². The van der Waals surface area contributed by atoms with Crippen LogP contribution in [-0.2, 0) is 42.8 Å². The van der Waals surface area contributed by atoms with Gasteiger partial charge in [0.15, 0.2) is 12.0 Å². The van der Waals surface area contributed by atoms with Gasteiger partial charge in [-0.2, -0.15) is 0 Å². The molecule has 37 heavy (non-hydrogen) atoms. The Morgan fingerprint density at radius 3 is 2.03 bits per heavy atom. The van der Waals surface area contributed by atoms with Crippen LogP contribution in [0.1, 0.15) is 47.5 Å². The monoisotopic (exact) mass is 525 g/mol. The van der Waals surface area contributed by atoms with Crippen LogP contribution in [0, 0.1) is 11.3 Å². The van der Waals surface area contributed by atoms with Crippen LogP contribution in [0.5, 0.6) is 0 Å². The maximum atomic E-state index is 11.9. The third kappa shape index (κ3) is 7.95. The van der Waals surface area contributed by atoms with E-state index in [0.717, 1.165) is 13.8 Å². The fraction of sp³-hybridized carbons (Fsp3) is 0.810. The minimum absolute atomic E-state index is 0.0628. The topological polar surface area (TPSA) is 228 Å². The fourth-order valence-corrected chi connectivity index (χ4v) is 4.56. The molecule has 16 nitrogen and oxygen atoms in total. The number of esters is 3. The molecule has 1 saturated carbocycles. The highest BCUT2D eigenvalue weighted by atomic mass is 16.7. The maximum absolute atomic E-state index is 11.9. The van der Waals surface area contributed by atoms with Crippen LogP contribution in [0.2, 0.25) is 0 Å². The van der Waals surface area contributed by atoms with Crippen molar-refractivity contribution >= 4 is 23.8 Å². The third-order valence-electron chi connectivity index (χ3n) is 5.81. The third-order valence-corrected chi connectivity index (χ3v) is 5.81. The van der Waals surface area contributed by atoms with E-state index in [0.29, 0.717) is 6.42 Å². The van der Waals surface area contributed by atoms with Gasteiger partial charge < -0.3 is 28.4 Å². The van der Waals surface area contributed by atoms with Crippen molar-refractivity contribution in [1.82, 2.24) is 0 Å². The molecule has 204 valence electrons. The number of nitrogens with zero attached hydrogens (tertiary/aromatic N) is 6. The predicted molar refractivity (Wildman–Crippen MR) is 124 cm³/mol. The zero-order valence-corrected chi connectivity index (χ0v) is 21.2. The second-order valence-electron chi connectivity index (χ2n) is 8.59. The van der Waals surface area contributed by atoms with Crippen LogP contribution in [0.4, 0.5) is 0 Å². The lowest BCUT2D eigenvalue weighted by molar-refractivity contribution is -0.195. The Morgan fingerprint density at radius 1 is 0.919 bits per heavy atom. The van der Waals surface area contributed by atoms with Gasteiger partial charge in [-0.25, -0.2) is 0 Å². The average molecular weight is 526 g/mol. The summed E-state index contributed by atoms with van der Waals surface area (Å²) in [6, 6.07) is -1.17. The van der Waals surface area contributed by atoms with Crippen LogP contribution in [-0.4, -0.2) is 79.3 Å². The highest BCUT2D eigenvalue weighted by molar-refractivity contribution is 5.70. The first kappa shape index (κ1) is 29.6. The van der Waals surface area contributed by atoms with E-state index in [1.165, 1.54) is 13.8 Å². The lowest BCUT2D eigenvalue weighted by Gasteiger charge is -2.44. The molecule has 1 unspecified atom stereocenters. The highest BCUT2D eigenvalue weighted by Crippen LogP contribution is 2.38. The van der Waals surface area contributed by atoms with E-state index in [4.69, 9.17) is 39.4 Å². The molecule has 9 atom stereocenters. The average Bonchev–Trinajstić information content (AvgIpc) is 3.10. The summed E-state index contributed by atoms with van der Waals surface area (Å²) in [6.45, 7) is 6.56. The van der Waals surface area contributed by atoms with Crippen molar-refractivity contribution in [1.29, 1.82) is 5.41 Å². The fourth-order valence-electron chi connectivity index (χ4n) is 4.56. The van der Waals surface area contributed by atoms with Crippen molar-refractivity contribution in [2.24, 2.45) is 16.1 Å². The summed E-state index contributed by atoms with van der Waals surface area (Å²) in [5.74, 6) is -2.90. The van der Waals surface area contributed by atoms with Crippen molar-refractivity contribution in [2.45, 2.75) is 96.4 Å². The number of hydrogen-bond donors (Lipinski definition) is 1. The molecule has 2 fully saturated rings. The molecule has 0 aromatic rings. The van der Waals surface area contributed by atoms with Crippen molar-refractivity contribution in [3.63, 3.8) is 0 Å². The number of nitrogens with one attached hydrogen (secondary N) is 1. The second kappa shape index (κ2) is 13.7. The summed E-state index contributed by atoms with van der Waals surface area (Å²) in [7, 11) is 0. The van der Waals surface area contributed by atoms with E-state index in [9.17, 15) is 19.9 Å². The number of ether oxygens (including phenoxy) is 6. The first-order chi connectivity index (χ1) is 17.5. The zero-order chi connectivity index (χ0) is 27.7. The summed E-state index contributed by atoms with van der Waals surface area (Å²) in [6.07, 6.45) is -6.63. The summed E-state index contributed by atoms with van der Waals surface area (Å²) in [4.78, 5) is 41.3. The Bertz CT molecular complexity index is 966. The van der Waals surface area contributed by atoms with Crippen LogP contribution >= 0.6 is 0 Å². The Labute approximate surface area is 212 Å². The van der Waals surface area contributed by atoms with Gasteiger partial charge in [-0.3, -0.25) is 19.8 Å². The smallest absolute Gasteiger partial charge is 0.303 e. The van der Waals surface area contributed by atoms with Gasteiger partial charge in [0.2, 0.25) is 6.29 Å². The number of carbonyl (C=O) groups excluding carboxylic acids is 3. The molecule has 1 N–H and O–H groups in total. The van der Waals surface area contributed by atoms with E-state index < -0.39 is 72.8 Å². The molecule has 1 saturated heterocycles. The van der Waals surface area contributed by atoms with E-state index in [-0.39, 0.29) is 18.9 Å². The van der Waals surface area contributed by atoms with E-state index >= 15 is 0 Å². The number of hydrogen-bond acceptors (Lipinski definition) is 12. The quantitative estimate of drug-likeness (QED) is 0.0839. The van der Waals surface area contributed by atoms with Gasteiger partial charge in [-0.05, 0) is 23.9 Å². The number of rotatable bonds is 10. The van der Waals surface area contributed by atoms with Gasteiger partial charge in [0.25, 0.3) is 0 Å². The Morgan fingerprint density at radius 2 is 1.51 bits per heavy atom. The van der Waals surface area contributed by atoms with Crippen molar-refractivity contribution < 1.29 is 42.8 Å². The first-order valence-electron chi connectivity index (χ1n) is 11.6.